The highest BCUT2D eigenvalue weighted by Crippen LogP contribution is 2.28. The summed E-state index contributed by atoms with van der Waals surface area (Å²) in [6, 6.07) is 12.9. The summed E-state index contributed by atoms with van der Waals surface area (Å²) in [4.78, 5) is 2.59. The molecule has 0 saturated carbocycles. The maximum absolute atomic E-state index is 12.9. The molecule has 0 aliphatic carbocycles. The number of aryl methyl sites for hydroxylation is 1. The first kappa shape index (κ1) is 20.2. The van der Waals surface area contributed by atoms with Crippen molar-refractivity contribution in [2.24, 2.45) is 0 Å². The van der Waals surface area contributed by atoms with Crippen LogP contribution < -0.4 is 10.0 Å². The molecule has 1 aliphatic rings. The summed E-state index contributed by atoms with van der Waals surface area (Å²) in [6.45, 7) is 4.20. The molecular weight excluding hydrogens is 426 g/mol. The minimum atomic E-state index is -3.66. The molecule has 2 aromatic carbocycles. The monoisotopic (exact) mass is 451 g/mol. The number of nitrogens with zero attached hydrogens (tertiary/aromatic N) is 1. The van der Waals surface area contributed by atoms with Gasteiger partial charge < -0.3 is 10.2 Å². The van der Waals surface area contributed by atoms with Crippen LogP contribution in [0.25, 0.3) is 0 Å². The summed E-state index contributed by atoms with van der Waals surface area (Å²) >= 11 is 3.39. The SMILES string of the molecule is CCc1ccc(S(=O)(=O)Nc2ccccc2Br)cc1NC1CCN(C)CC1. The van der Waals surface area contributed by atoms with Crippen LogP contribution in [0.1, 0.15) is 25.3 Å². The smallest absolute Gasteiger partial charge is 0.262 e. The third-order valence-corrected chi connectivity index (χ3v) is 7.02. The van der Waals surface area contributed by atoms with Crippen LogP contribution in [0, 0.1) is 0 Å². The number of hydrogen-bond acceptors (Lipinski definition) is 4. The maximum atomic E-state index is 12.9. The van der Waals surface area contributed by atoms with Crippen LogP contribution >= 0.6 is 15.9 Å². The van der Waals surface area contributed by atoms with Gasteiger partial charge in [0.25, 0.3) is 10.0 Å². The quantitative estimate of drug-likeness (QED) is 0.686. The fraction of sp³-hybridized carbons (Fsp3) is 0.400. The molecule has 0 spiro atoms. The average molecular weight is 452 g/mol. The summed E-state index contributed by atoms with van der Waals surface area (Å²) in [5.74, 6) is 0. The molecule has 3 rings (SSSR count). The fourth-order valence-corrected chi connectivity index (χ4v) is 4.91. The van der Waals surface area contributed by atoms with Gasteiger partial charge in [-0.1, -0.05) is 25.1 Å². The third kappa shape index (κ3) is 5.03. The fourth-order valence-electron chi connectivity index (χ4n) is 3.29. The molecular formula is C20H26BrN3O2S. The number of rotatable bonds is 6. The number of nitrogens with one attached hydrogen (secondary N) is 2. The van der Waals surface area contributed by atoms with Crippen molar-refractivity contribution in [1.82, 2.24) is 4.90 Å². The average Bonchev–Trinajstić information content (AvgIpc) is 2.65. The predicted molar refractivity (Wildman–Crippen MR) is 115 cm³/mol. The van der Waals surface area contributed by atoms with Gasteiger partial charge in [0.2, 0.25) is 0 Å². The topological polar surface area (TPSA) is 61.4 Å². The Hall–Kier alpha value is -1.57. The number of likely N-dealkylation sites (tertiary alicyclic amines) is 1. The van der Waals surface area contributed by atoms with Gasteiger partial charge in [-0.3, -0.25) is 4.72 Å². The van der Waals surface area contributed by atoms with Gasteiger partial charge in [-0.2, -0.15) is 0 Å². The van der Waals surface area contributed by atoms with Gasteiger partial charge in [0.05, 0.1) is 10.6 Å². The molecule has 146 valence electrons. The van der Waals surface area contributed by atoms with Crippen LogP contribution in [0.4, 0.5) is 11.4 Å². The zero-order valence-electron chi connectivity index (χ0n) is 15.7. The predicted octanol–water partition coefficient (Wildman–Crippen LogP) is 4.32. The lowest BCUT2D eigenvalue weighted by molar-refractivity contribution is 0.264. The van der Waals surface area contributed by atoms with E-state index >= 15 is 0 Å². The van der Waals surface area contributed by atoms with E-state index in [0.717, 1.165) is 43.6 Å². The van der Waals surface area contributed by atoms with Gasteiger partial charge in [-0.15, -0.1) is 0 Å². The molecule has 5 nitrogen and oxygen atoms in total. The van der Waals surface area contributed by atoms with Crippen molar-refractivity contribution >= 4 is 37.3 Å². The highest BCUT2D eigenvalue weighted by molar-refractivity contribution is 9.10. The summed E-state index contributed by atoms with van der Waals surface area (Å²) in [5, 5.41) is 3.58. The molecule has 2 aromatic rings. The number of piperidine rings is 1. The first-order valence-corrected chi connectivity index (χ1v) is 11.5. The molecule has 0 unspecified atom stereocenters. The molecule has 2 N–H and O–H groups in total. The molecule has 1 saturated heterocycles. The zero-order chi connectivity index (χ0) is 19.4. The van der Waals surface area contributed by atoms with Crippen molar-refractivity contribution < 1.29 is 8.42 Å². The van der Waals surface area contributed by atoms with Gasteiger partial charge in [-0.25, -0.2) is 8.42 Å². The molecule has 0 bridgehead atoms. The van der Waals surface area contributed by atoms with Crippen LogP contribution in [-0.4, -0.2) is 39.5 Å². The second kappa shape index (κ2) is 8.63. The lowest BCUT2D eigenvalue weighted by Gasteiger charge is -2.30. The van der Waals surface area contributed by atoms with E-state index in [4.69, 9.17) is 0 Å². The summed E-state index contributed by atoms with van der Waals surface area (Å²) in [5.41, 5.74) is 2.58. The van der Waals surface area contributed by atoms with Crippen LogP contribution in [0.2, 0.25) is 0 Å². The number of sulfonamides is 1. The first-order valence-electron chi connectivity index (χ1n) is 9.24. The number of para-hydroxylation sites is 1. The van der Waals surface area contributed by atoms with Gasteiger partial charge in [0.1, 0.15) is 0 Å². The van der Waals surface area contributed by atoms with E-state index in [1.54, 1.807) is 24.3 Å². The number of hydrogen-bond donors (Lipinski definition) is 2. The van der Waals surface area contributed by atoms with Gasteiger partial charge >= 0.3 is 0 Å². The molecule has 0 aromatic heterocycles. The second-order valence-electron chi connectivity index (χ2n) is 6.98. The highest BCUT2D eigenvalue weighted by atomic mass is 79.9. The van der Waals surface area contributed by atoms with Crippen molar-refractivity contribution in [3.63, 3.8) is 0 Å². The van der Waals surface area contributed by atoms with Crippen molar-refractivity contribution in [3.8, 4) is 0 Å². The van der Waals surface area contributed by atoms with E-state index in [1.807, 2.05) is 18.2 Å². The molecule has 1 aliphatic heterocycles. The number of halogens is 1. The Morgan fingerprint density at radius 1 is 1.11 bits per heavy atom. The normalized spacial score (nSPS) is 16.3. The molecule has 7 heteroatoms. The Kier molecular flexibility index (Phi) is 6.44. The van der Waals surface area contributed by atoms with Gasteiger partial charge in [-0.05, 0) is 85.2 Å². The summed E-state index contributed by atoms with van der Waals surface area (Å²) < 4.78 is 29.1. The minimum absolute atomic E-state index is 0.269. The lowest BCUT2D eigenvalue weighted by Crippen LogP contribution is -2.36. The van der Waals surface area contributed by atoms with Crippen molar-refractivity contribution in [3.05, 3.63) is 52.5 Å². The van der Waals surface area contributed by atoms with Crippen molar-refractivity contribution in [2.75, 3.05) is 30.2 Å². The van der Waals surface area contributed by atoms with Crippen molar-refractivity contribution in [1.29, 1.82) is 0 Å². The minimum Gasteiger partial charge on any atom is -0.382 e. The number of anilines is 2. The van der Waals surface area contributed by atoms with Crippen LogP contribution in [0.15, 0.2) is 51.8 Å². The summed E-state index contributed by atoms with van der Waals surface area (Å²) in [7, 11) is -1.53. The van der Waals surface area contributed by atoms with E-state index in [2.05, 4.69) is 44.8 Å². The molecule has 1 fully saturated rings. The Bertz CT molecular complexity index is 894. The van der Waals surface area contributed by atoms with E-state index in [0.29, 0.717) is 16.2 Å². The largest absolute Gasteiger partial charge is 0.382 e. The highest BCUT2D eigenvalue weighted by Gasteiger charge is 2.20. The van der Waals surface area contributed by atoms with Gasteiger partial charge in [0.15, 0.2) is 0 Å². The number of benzene rings is 2. The van der Waals surface area contributed by atoms with E-state index in [1.165, 1.54) is 0 Å². The zero-order valence-corrected chi connectivity index (χ0v) is 18.1. The second-order valence-corrected chi connectivity index (χ2v) is 9.52. The van der Waals surface area contributed by atoms with E-state index in [-0.39, 0.29) is 4.90 Å². The molecule has 0 amide bonds. The maximum Gasteiger partial charge on any atom is 0.262 e. The molecule has 0 radical (unpaired) electrons. The van der Waals surface area contributed by atoms with Crippen LogP contribution in [-0.2, 0) is 16.4 Å². The van der Waals surface area contributed by atoms with Gasteiger partial charge in [0, 0.05) is 16.2 Å². The Morgan fingerprint density at radius 2 is 1.81 bits per heavy atom. The van der Waals surface area contributed by atoms with E-state index in [9.17, 15) is 8.42 Å². The third-order valence-electron chi connectivity index (χ3n) is 4.97. The molecule has 1 heterocycles. The molecule has 27 heavy (non-hydrogen) atoms. The molecule has 0 atom stereocenters. The summed E-state index contributed by atoms with van der Waals surface area (Å²) in [6.07, 6.45) is 2.98. The Labute approximate surface area is 170 Å². The Morgan fingerprint density at radius 3 is 2.48 bits per heavy atom. The van der Waals surface area contributed by atoms with Crippen LogP contribution in [0.3, 0.4) is 0 Å². The van der Waals surface area contributed by atoms with Crippen LogP contribution in [0.5, 0.6) is 0 Å². The standard InChI is InChI=1S/C20H26BrN3O2S/c1-3-15-8-9-17(14-20(15)22-16-10-12-24(2)13-11-16)27(25,26)23-19-7-5-4-6-18(19)21/h4-9,14,16,22-23H,3,10-13H2,1-2H3. The first-order chi connectivity index (χ1) is 12.9. The Balaban J connectivity index is 1.84. The lowest BCUT2D eigenvalue weighted by atomic mass is 10.0. The van der Waals surface area contributed by atoms with E-state index < -0.39 is 10.0 Å². The van der Waals surface area contributed by atoms with Crippen molar-refractivity contribution in [2.45, 2.75) is 37.1 Å².